The average Bonchev–Trinajstić information content (AvgIpc) is 2.77. The van der Waals surface area contributed by atoms with Gasteiger partial charge in [0.1, 0.15) is 11.9 Å². The Bertz CT molecular complexity index is 643. The minimum Gasteiger partial charge on any atom is -0.438 e. The molecule has 0 saturated heterocycles. The SMILES string of the molecule is Cc1ncoc1C(=O)Nc1ccc(F)cc1C#N. The Hall–Kier alpha value is -2.68. The van der Waals surface area contributed by atoms with Gasteiger partial charge in [-0.1, -0.05) is 0 Å². The predicted molar refractivity (Wildman–Crippen MR) is 60.3 cm³/mol. The van der Waals surface area contributed by atoms with Crippen LogP contribution in [0.4, 0.5) is 10.1 Å². The molecule has 1 amide bonds. The van der Waals surface area contributed by atoms with Crippen LogP contribution in [-0.4, -0.2) is 10.9 Å². The van der Waals surface area contributed by atoms with E-state index in [2.05, 4.69) is 10.3 Å². The van der Waals surface area contributed by atoms with Gasteiger partial charge < -0.3 is 9.73 Å². The molecule has 0 aliphatic heterocycles. The number of oxazole rings is 1. The zero-order valence-corrected chi connectivity index (χ0v) is 9.40. The molecular formula is C12H8FN3O2. The van der Waals surface area contributed by atoms with Gasteiger partial charge in [-0.2, -0.15) is 5.26 Å². The van der Waals surface area contributed by atoms with Gasteiger partial charge in [0, 0.05) is 0 Å². The zero-order valence-electron chi connectivity index (χ0n) is 9.40. The molecule has 1 heterocycles. The molecule has 0 atom stereocenters. The minimum absolute atomic E-state index is 0.0421. The van der Waals surface area contributed by atoms with Crippen molar-refractivity contribution in [3.05, 3.63) is 47.4 Å². The average molecular weight is 245 g/mol. The van der Waals surface area contributed by atoms with E-state index in [1.807, 2.05) is 0 Å². The Kier molecular flexibility index (Phi) is 3.06. The second-order valence-corrected chi connectivity index (χ2v) is 3.52. The van der Waals surface area contributed by atoms with Gasteiger partial charge in [-0.25, -0.2) is 9.37 Å². The maximum absolute atomic E-state index is 12.9. The van der Waals surface area contributed by atoms with Crippen molar-refractivity contribution >= 4 is 11.6 Å². The van der Waals surface area contributed by atoms with Gasteiger partial charge in [-0.15, -0.1) is 0 Å². The van der Waals surface area contributed by atoms with E-state index in [1.54, 1.807) is 13.0 Å². The van der Waals surface area contributed by atoms with Gasteiger partial charge in [-0.05, 0) is 25.1 Å². The quantitative estimate of drug-likeness (QED) is 0.879. The van der Waals surface area contributed by atoms with Gasteiger partial charge in [0.2, 0.25) is 5.76 Å². The van der Waals surface area contributed by atoms with Gasteiger partial charge in [0.05, 0.1) is 16.9 Å². The fourth-order valence-corrected chi connectivity index (χ4v) is 1.42. The number of carbonyl (C=O) groups is 1. The van der Waals surface area contributed by atoms with E-state index in [1.165, 1.54) is 6.07 Å². The summed E-state index contributed by atoms with van der Waals surface area (Å²) >= 11 is 0. The summed E-state index contributed by atoms with van der Waals surface area (Å²) < 4.78 is 17.8. The summed E-state index contributed by atoms with van der Waals surface area (Å²) in [5, 5.41) is 11.3. The van der Waals surface area contributed by atoms with E-state index in [0.717, 1.165) is 18.5 Å². The molecule has 0 aliphatic rings. The van der Waals surface area contributed by atoms with Crippen molar-refractivity contribution in [2.75, 3.05) is 5.32 Å². The molecule has 0 spiro atoms. The second-order valence-electron chi connectivity index (χ2n) is 3.52. The minimum atomic E-state index is -0.541. The van der Waals surface area contributed by atoms with E-state index in [-0.39, 0.29) is 17.0 Å². The Labute approximate surface area is 102 Å². The number of hydrogen-bond acceptors (Lipinski definition) is 4. The lowest BCUT2D eigenvalue weighted by atomic mass is 10.2. The highest BCUT2D eigenvalue weighted by molar-refractivity contribution is 6.03. The first-order chi connectivity index (χ1) is 8.61. The molecule has 1 aromatic carbocycles. The number of anilines is 1. The number of nitrogens with one attached hydrogen (secondary N) is 1. The summed E-state index contributed by atoms with van der Waals surface area (Å²) in [7, 11) is 0. The molecule has 5 nitrogen and oxygen atoms in total. The molecule has 0 aliphatic carbocycles. The van der Waals surface area contributed by atoms with Crippen LogP contribution in [0.15, 0.2) is 29.0 Å². The summed E-state index contributed by atoms with van der Waals surface area (Å²) in [5.41, 5.74) is 0.702. The van der Waals surface area contributed by atoms with Crippen molar-refractivity contribution in [2.24, 2.45) is 0 Å². The zero-order chi connectivity index (χ0) is 13.1. The molecule has 0 bridgehead atoms. The normalized spacial score (nSPS) is 9.83. The van der Waals surface area contributed by atoms with Crippen molar-refractivity contribution in [3.63, 3.8) is 0 Å². The van der Waals surface area contributed by atoms with E-state index in [9.17, 15) is 9.18 Å². The largest absolute Gasteiger partial charge is 0.438 e. The Morgan fingerprint density at radius 1 is 1.56 bits per heavy atom. The van der Waals surface area contributed by atoms with Crippen LogP contribution in [0.5, 0.6) is 0 Å². The van der Waals surface area contributed by atoms with Gasteiger partial charge in [-0.3, -0.25) is 4.79 Å². The summed E-state index contributed by atoms with van der Waals surface area (Å²) in [4.78, 5) is 15.6. The van der Waals surface area contributed by atoms with E-state index in [0.29, 0.717) is 5.69 Å². The topological polar surface area (TPSA) is 78.9 Å². The highest BCUT2D eigenvalue weighted by Gasteiger charge is 2.15. The van der Waals surface area contributed by atoms with Crippen molar-refractivity contribution in [2.45, 2.75) is 6.92 Å². The third-order valence-corrected chi connectivity index (χ3v) is 2.30. The van der Waals surface area contributed by atoms with Crippen LogP contribution < -0.4 is 5.32 Å². The van der Waals surface area contributed by atoms with Crippen LogP contribution in [0.1, 0.15) is 21.8 Å². The van der Waals surface area contributed by atoms with Crippen LogP contribution in [0.2, 0.25) is 0 Å². The number of hydrogen-bond donors (Lipinski definition) is 1. The van der Waals surface area contributed by atoms with Crippen LogP contribution in [-0.2, 0) is 0 Å². The molecule has 2 rings (SSSR count). The molecule has 18 heavy (non-hydrogen) atoms. The number of aryl methyl sites for hydroxylation is 1. The summed E-state index contributed by atoms with van der Waals surface area (Å²) in [6.07, 6.45) is 1.15. The van der Waals surface area contributed by atoms with Crippen molar-refractivity contribution in [1.29, 1.82) is 5.26 Å². The lowest BCUT2D eigenvalue weighted by Crippen LogP contribution is -2.13. The molecule has 0 unspecified atom stereocenters. The smallest absolute Gasteiger partial charge is 0.293 e. The van der Waals surface area contributed by atoms with Gasteiger partial charge >= 0.3 is 0 Å². The number of nitrogens with zero attached hydrogens (tertiary/aromatic N) is 2. The Morgan fingerprint density at radius 3 is 2.94 bits per heavy atom. The molecule has 1 aromatic heterocycles. The number of carbonyl (C=O) groups excluding carboxylic acids is 1. The highest BCUT2D eigenvalue weighted by Crippen LogP contribution is 2.17. The molecule has 6 heteroatoms. The van der Waals surface area contributed by atoms with Crippen LogP contribution in [0, 0.1) is 24.1 Å². The van der Waals surface area contributed by atoms with Crippen molar-refractivity contribution < 1.29 is 13.6 Å². The fraction of sp³-hybridized carbons (Fsp3) is 0.0833. The third kappa shape index (κ3) is 2.20. The molecule has 2 aromatic rings. The molecule has 1 N–H and O–H groups in total. The molecule has 0 saturated carbocycles. The summed E-state index contributed by atoms with van der Waals surface area (Å²) in [6.45, 7) is 1.62. The lowest BCUT2D eigenvalue weighted by Gasteiger charge is -2.05. The maximum atomic E-state index is 12.9. The Balaban J connectivity index is 2.28. The molecule has 0 fully saturated rings. The van der Waals surface area contributed by atoms with Crippen molar-refractivity contribution in [3.8, 4) is 6.07 Å². The van der Waals surface area contributed by atoms with Gasteiger partial charge in [0.25, 0.3) is 5.91 Å². The number of benzene rings is 1. The summed E-state index contributed by atoms with van der Waals surface area (Å²) in [5.74, 6) is -1.02. The van der Waals surface area contributed by atoms with E-state index in [4.69, 9.17) is 9.68 Å². The first-order valence-electron chi connectivity index (χ1n) is 5.03. The van der Waals surface area contributed by atoms with Crippen LogP contribution in [0.3, 0.4) is 0 Å². The Morgan fingerprint density at radius 2 is 2.33 bits per heavy atom. The van der Waals surface area contributed by atoms with E-state index < -0.39 is 11.7 Å². The number of amides is 1. The van der Waals surface area contributed by atoms with Crippen LogP contribution >= 0.6 is 0 Å². The number of rotatable bonds is 2. The van der Waals surface area contributed by atoms with Crippen LogP contribution in [0.25, 0.3) is 0 Å². The third-order valence-electron chi connectivity index (χ3n) is 2.30. The first kappa shape index (κ1) is 11.8. The van der Waals surface area contributed by atoms with E-state index >= 15 is 0 Å². The van der Waals surface area contributed by atoms with Gasteiger partial charge in [0.15, 0.2) is 6.39 Å². The monoisotopic (exact) mass is 245 g/mol. The lowest BCUT2D eigenvalue weighted by molar-refractivity contribution is 0.0996. The maximum Gasteiger partial charge on any atom is 0.293 e. The molecule has 0 radical (unpaired) electrons. The number of halogens is 1. The molecular weight excluding hydrogens is 237 g/mol. The standard InChI is InChI=1S/C12H8FN3O2/c1-7-11(18-6-15-7)12(17)16-10-3-2-9(13)4-8(10)5-14/h2-4,6H,1H3,(H,16,17). The predicted octanol–water partition coefficient (Wildman–Crippen LogP) is 2.25. The first-order valence-corrected chi connectivity index (χ1v) is 5.03. The number of aromatic nitrogens is 1. The summed E-state index contributed by atoms with van der Waals surface area (Å²) in [6, 6.07) is 5.32. The molecule has 90 valence electrons. The highest BCUT2D eigenvalue weighted by atomic mass is 19.1. The number of nitriles is 1. The fourth-order valence-electron chi connectivity index (χ4n) is 1.42. The second kappa shape index (κ2) is 4.67. The van der Waals surface area contributed by atoms with Crippen molar-refractivity contribution in [1.82, 2.24) is 4.98 Å².